The maximum Gasteiger partial charge on any atom is 0.433 e. The van der Waals surface area contributed by atoms with Gasteiger partial charge in [0.1, 0.15) is 17.0 Å². The molecule has 0 aliphatic heterocycles. The Hall–Kier alpha value is -3.96. The monoisotopic (exact) mass is 578 g/mol. The summed E-state index contributed by atoms with van der Waals surface area (Å²) in [6.45, 7) is 11.1. The van der Waals surface area contributed by atoms with E-state index in [4.69, 9.17) is 9.47 Å². The van der Waals surface area contributed by atoms with Crippen LogP contribution in [-0.2, 0) is 20.4 Å². The Morgan fingerprint density at radius 2 is 1.68 bits per heavy atom. The van der Waals surface area contributed by atoms with Crippen molar-refractivity contribution in [2.75, 3.05) is 12.4 Å². The van der Waals surface area contributed by atoms with Crippen LogP contribution in [0.4, 0.5) is 18.9 Å². The van der Waals surface area contributed by atoms with Crippen LogP contribution in [0.3, 0.4) is 0 Å². The number of hydrogen-bond donors (Lipinski definition) is 1. The molecule has 0 spiro atoms. The quantitative estimate of drug-likeness (QED) is 0.287. The van der Waals surface area contributed by atoms with Gasteiger partial charge in [-0.2, -0.15) is 18.3 Å². The van der Waals surface area contributed by atoms with Crippen LogP contribution in [-0.4, -0.2) is 45.3 Å². The van der Waals surface area contributed by atoms with Gasteiger partial charge < -0.3 is 14.8 Å². The third-order valence-corrected chi connectivity index (χ3v) is 5.65. The summed E-state index contributed by atoms with van der Waals surface area (Å²) in [5.74, 6) is -1.82. The highest BCUT2D eigenvalue weighted by atomic mass is 19.4. The van der Waals surface area contributed by atoms with Crippen molar-refractivity contribution in [3.05, 3.63) is 53.5 Å². The molecule has 0 unspecified atom stereocenters. The van der Waals surface area contributed by atoms with Crippen molar-refractivity contribution >= 4 is 34.4 Å². The summed E-state index contributed by atoms with van der Waals surface area (Å²) in [5.41, 5.74) is -1.26. The number of nitrogens with zero attached hydrogens (tertiary/aromatic N) is 3. The van der Waals surface area contributed by atoms with Crippen LogP contribution >= 0.6 is 0 Å². The Morgan fingerprint density at radius 1 is 1.05 bits per heavy atom. The molecule has 224 valence electrons. The van der Waals surface area contributed by atoms with Crippen molar-refractivity contribution in [1.29, 1.82) is 0 Å². The van der Waals surface area contributed by atoms with Gasteiger partial charge in [-0.05, 0) is 57.9 Å². The summed E-state index contributed by atoms with van der Waals surface area (Å²) in [6.07, 6.45) is 1.01. The zero-order valence-corrected chi connectivity index (χ0v) is 24.4. The fourth-order valence-corrected chi connectivity index (χ4v) is 4.07. The number of rotatable bonds is 8. The number of nitrogens with one attached hydrogen (secondary N) is 1. The van der Waals surface area contributed by atoms with Crippen LogP contribution in [0.1, 0.15) is 99.8 Å². The average Bonchev–Trinajstić information content (AvgIpc) is 3.29. The highest BCUT2D eigenvalue weighted by molar-refractivity contribution is 6.09. The number of benzene rings is 1. The van der Waals surface area contributed by atoms with Gasteiger partial charge in [0.15, 0.2) is 0 Å². The van der Waals surface area contributed by atoms with Crippen LogP contribution in [0.15, 0.2) is 36.5 Å². The van der Waals surface area contributed by atoms with E-state index in [0.717, 1.165) is 37.8 Å². The van der Waals surface area contributed by atoms with E-state index in [9.17, 15) is 27.6 Å². The summed E-state index contributed by atoms with van der Waals surface area (Å²) in [7, 11) is 1.20. The molecule has 0 radical (unpaired) electrons. The number of esters is 2. The van der Waals surface area contributed by atoms with E-state index in [-0.39, 0.29) is 28.9 Å². The number of fused-ring (bicyclic) bond motifs is 1. The fourth-order valence-electron chi connectivity index (χ4n) is 4.07. The fraction of sp³-hybridized carbons (Fsp3) is 0.483. The summed E-state index contributed by atoms with van der Waals surface area (Å²) >= 11 is 0. The van der Waals surface area contributed by atoms with Gasteiger partial charge >= 0.3 is 18.1 Å². The smallest absolute Gasteiger partial charge is 0.433 e. The molecule has 0 saturated heterocycles. The van der Waals surface area contributed by atoms with Gasteiger partial charge in [0.25, 0.3) is 5.91 Å². The number of pyridine rings is 1. The molecule has 0 aliphatic rings. The van der Waals surface area contributed by atoms with Crippen molar-refractivity contribution in [2.45, 2.75) is 85.0 Å². The predicted octanol–water partition coefficient (Wildman–Crippen LogP) is 6.98. The standard InChI is InChI=1S/C23H25F3N4O3.C6H12O2/c1-4-7-15(8-5-2)30-13-14-11-19(16(22(32)33-3)12-18(14)29-30)28-21(31)17-9-6-10-20(27-17)23(24,25)26;1-5(7)8-6(2,3)4/h6,9-13,15H,4-5,7-8H2,1-3H3,(H,28,31);1-4H3. The van der Waals surface area contributed by atoms with Crippen LogP contribution in [0.25, 0.3) is 10.9 Å². The number of anilines is 1. The van der Waals surface area contributed by atoms with Gasteiger partial charge in [0.2, 0.25) is 0 Å². The van der Waals surface area contributed by atoms with Crippen LogP contribution in [0.5, 0.6) is 0 Å². The first-order valence-corrected chi connectivity index (χ1v) is 13.3. The number of ether oxygens (including phenoxy) is 2. The van der Waals surface area contributed by atoms with Crippen molar-refractivity contribution in [2.24, 2.45) is 0 Å². The summed E-state index contributed by atoms with van der Waals surface area (Å²) in [4.78, 5) is 38.6. The lowest BCUT2D eigenvalue weighted by Gasteiger charge is -2.17. The second-order valence-electron chi connectivity index (χ2n) is 10.4. The molecule has 12 heteroatoms. The molecule has 9 nitrogen and oxygen atoms in total. The molecular formula is C29H37F3N4O5. The summed E-state index contributed by atoms with van der Waals surface area (Å²) in [5, 5.41) is 7.77. The molecule has 41 heavy (non-hydrogen) atoms. The predicted molar refractivity (Wildman–Crippen MR) is 149 cm³/mol. The SMILES string of the molecule is CC(=O)OC(C)(C)C.CCCC(CCC)n1cc2cc(NC(=O)c3cccc(C(F)(F)F)n3)c(C(=O)OC)cc2n1. The maximum atomic E-state index is 13.0. The highest BCUT2D eigenvalue weighted by Gasteiger charge is 2.33. The maximum absolute atomic E-state index is 13.0. The molecule has 0 atom stereocenters. The molecule has 1 amide bonds. The first-order valence-electron chi connectivity index (χ1n) is 13.3. The molecule has 0 saturated carbocycles. The number of halogens is 3. The number of methoxy groups -OCH3 is 1. The van der Waals surface area contributed by atoms with Gasteiger partial charge in [0.05, 0.1) is 29.9 Å². The van der Waals surface area contributed by atoms with E-state index in [0.29, 0.717) is 10.9 Å². The van der Waals surface area contributed by atoms with E-state index >= 15 is 0 Å². The third-order valence-electron chi connectivity index (χ3n) is 5.65. The number of carbonyl (C=O) groups is 3. The number of carbonyl (C=O) groups excluding carboxylic acids is 3. The minimum Gasteiger partial charge on any atom is -0.465 e. The largest absolute Gasteiger partial charge is 0.465 e. The molecule has 3 aromatic rings. The molecule has 0 aliphatic carbocycles. The minimum atomic E-state index is -4.69. The molecule has 0 fully saturated rings. The summed E-state index contributed by atoms with van der Waals surface area (Å²) in [6, 6.07) is 6.30. The third kappa shape index (κ3) is 9.87. The number of aromatic nitrogens is 3. The summed E-state index contributed by atoms with van der Waals surface area (Å²) < 4.78 is 50.4. The first kappa shape index (κ1) is 33.2. The van der Waals surface area contributed by atoms with E-state index < -0.39 is 29.4 Å². The zero-order chi connectivity index (χ0) is 31.0. The Labute approximate surface area is 237 Å². The van der Waals surface area contributed by atoms with Gasteiger partial charge in [-0.25, -0.2) is 9.78 Å². The van der Waals surface area contributed by atoms with Crippen LogP contribution in [0, 0.1) is 0 Å². The molecular weight excluding hydrogens is 541 g/mol. The van der Waals surface area contributed by atoms with E-state index in [1.165, 1.54) is 26.2 Å². The Morgan fingerprint density at radius 3 is 2.17 bits per heavy atom. The van der Waals surface area contributed by atoms with Crippen molar-refractivity contribution in [3.63, 3.8) is 0 Å². The number of amides is 1. The molecule has 2 aromatic heterocycles. The zero-order valence-electron chi connectivity index (χ0n) is 24.4. The highest BCUT2D eigenvalue weighted by Crippen LogP contribution is 2.29. The first-order chi connectivity index (χ1) is 19.1. The molecule has 2 heterocycles. The van der Waals surface area contributed by atoms with Gasteiger partial charge in [-0.15, -0.1) is 0 Å². The van der Waals surface area contributed by atoms with Crippen LogP contribution < -0.4 is 5.32 Å². The van der Waals surface area contributed by atoms with Crippen molar-refractivity contribution in [3.8, 4) is 0 Å². The topological polar surface area (TPSA) is 112 Å². The van der Waals surface area contributed by atoms with Crippen molar-refractivity contribution in [1.82, 2.24) is 14.8 Å². The lowest BCUT2D eigenvalue weighted by molar-refractivity contribution is -0.152. The second kappa shape index (κ2) is 14.1. The van der Waals surface area contributed by atoms with Crippen molar-refractivity contribution < 1.29 is 37.0 Å². The Kier molecular flexibility index (Phi) is 11.4. The van der Waals surface area contributed by atoms with Crippen LogP contribution in [0.2, 0.25) is 0 Å². The molecule has 0 bridgehead atoms. The number of hydrogen-bond acceptors (Lipinski definition) is 7. The lowest BCUT2D eigenvalue weighted by atomic mass is 10.1. The molecule has 3 rings (SSSR count). The average molecular weight is 579 g/mol. The van der Waals surface area contributed by atoms with E-state index in [1.807, 2.05) is 31.6 Å². The normalized spacial score (nSPS) is 11.6. The van der Waals surface area contributed by atoms with Gasteiger partial charge in [-0.1, -0.05) is 32.8 Å². The molecule has 1 aromatic carbocycles. The lowest BCUT2D eigenvalue weighted by Crippen LogP contribution is -2.21. The van der Waals surface area contributed by atoms with Gasteiger partial charge in [-0.3, -0.25) is 14.3 Å². The second-order valence-corrected chi connectivity index (χ2v) is 10.4. The number of alkyl halides is 3. The minimum absolute atomic E-state index is 0.0399. The Balaban J connectivity index is 0.000000642. The Bertz CT molecular complexity index is 1360. The molecule has 1 N–H and O–H groups in total. The van der Waals surface area contributed by atoms with E-state index in [1.54, 1.807) is 6.07 Å². The van der Waals surface area contributed by atoms with Gasteiger partial charge in [0, 0.05) is 18.5 Å². The van der Waals surface area contributed by atoms with E-state index in [2.05, 4.69) is 29.2 Å².